The van der Waals surface area contributed by atoms with E-state index in [1.165, 1.54) is 0 Å². The van der Waals surface area contributed by atoms with E-state index in [2.05, 4.69) is 20.7 Å². The second-order valence-electron chi connectivity index (χ2n) is 3.07. The van der Waals surface area contributed by atoms with Crippen molar-refractivity contribution in [2.24, 2.45) is 5.73 Å². The van der Waals surface area contributed by atoms with Crippen molar-refractivity contribution in [1.29, 1.82) is 0 Å². The lowest BCUT2D eigenvalue weighted by atomic mass is 10.2. The molecule has 16 heavy (non-hydrogen) atoms. The number of sulfonamides is 1. The Morgan fingerprint density at radius 3 is 2.62 bits per heavy atom. The smallest absolute Gasteiger partial charge is 0.241 e. The molecule has 0 bridgehead atoms. The summed E-state index contributed by atoms with van der Waals surface area (Å²) in [5.74, 6) is 0. The minimum atomic E-state index is -3.45. The van der Waals surface area contributed by atoms with E-state index in [0.29, 0.717) is 4.47 Å². The molecule has 4 nitrogen and oxygen atoms in total. The topological polar surface area (TPSA) is 72.2 Å². The molecule has 0 heterocycles. The van der Waals surface area contributed by atoms with Crippen molar-refractivity contribution in [3.8, 4) is 0 Å². The van der Waals surface area contributed by atoms with Gasteiger partial charge in [0.25, 0.3) is 0 Å². The highest BCUT2D eigenvalue weighted by Crippen LogP contribution is 2.24. The van der Waals surface area contributed by atoms with Gasteiger partial charge in [-0.1, -0.05) is 12.1 Å². The van der Waals surface area contributed by atoms with E-state index in [1.54, 1.807) is 12.1 Å². The molecule has 1 rings (SSSR count). The molecule has 0 radical (unpaired) electrons. The zero-order chi connectivity index (χ0) is 11.5. The van der Waals surface area contributed by atoms with Crippen LogP contribution in [0.1, 0.15) is 5.56 Å². The van der Waals surface area contributed by atoms with E-state index in [1.807, 2.05) is 13.0 Å². The van der Waals surface area contributed by atoms with Crippen LogP contribution in [-0.4, -0.2) is 21.5 Å². The summed E-state index contributed by atoms with van der Waals surface area (Å²) in [6, 6.07) is 5.10. The van der Waals surface area contributed by atoms with Crippen LogP contribution in [0.4, 0.5) is 0 Å². The highest BCUT2D eigenvalue weighted by Gasteiger charge is 2.17. The van der Waals surface area contributed by atoms with Crippen molar-refractivity contribution in [2.45, 2.75) is 11.8 Å². The van der Waals surface area contributed by atoms with Crippen LogP contribution in [0, 0.1) is 6.92 Å². The van der Waals surface area contributed by atoms with Gasteiger partial charge in [0.05, 0.1) is 4.90 Å². The molecular formula is C9H14BrClN2O2S. The number of hydrogen-bond donors (Lipinski definition) is 2. The summed E-state index contributed by atoms with van der Waals surface area (Å²) in [4.78, 5) is 0.246. The molecule has 0 aliphatic heterocycles. The molecule has 1 aromatic rings. The lowest BCUT2D eigenvalue weighted by Gasteiger charge is -2.08. The maximum absolute atomic E-state index is 11.8. The summed E-state index contributed by atoms with van der Waals surface area (Å²) >= 11 is 3.26. The molecule has 1 aromatic carbocycles. The first-order valence-corrected chi connectivity index (χ1v) is 6.71. The van der Waals surface area contributed by atoms with Crippen LogP contribution >= 0.6 is 28.3 Å². The van der Waals surface area contributed by atoms with Crippen molar-refractivity contribution >= 4 is 38.4 Å². The van der Waals surface area contributed by atoms with Crippen LogP contribution in [-0.2, 0) is 10.0 Å². The molecule has 92 valence electrons. The number of aryl methyl sites for hydroxylation is 1. The minimum Gasteiger partial charge on any atom is -0.329 e. The molecule has 0 aromatic heterocycles. The Morgan fingerprint density at radius 1 is 1.44 bits per heavy atom. The molecule has 0 aliphatic carbocycles. The van der Waals surface area contributed by atoms with E-state index in [0.717, 1.165) is 5.56 Å². The van der Waals surface area contributed by atoms with E-state index in [4.69, 9.17) is 5.73 Å². The van der Waals surface area contributed by atoms with Crippen molar-refractivity contribution in [1.82, 2.24) is 4.72 Å². The zero-order valence-corrected chi connectivity index (χ0v) is 12.0. The lowest BCUT2D eigenvalue weighted by Crippen LogP contribution is -2.29. The van der Waals surface area contributed by atoms with Crippen molar-refractivity contribution in [2.75, 3.05) is 13.1 Å². The van der Waals surface area contributed by atoms with Crippen LogP contribution in [0.25, 0.3) is 0 Å². The van der Waals surface area contributed by atoms with E-state index in [9.17, 15) is 8.42 Å². The minimum absolute atomic E-state index is 0. The van der Waals surface area contributed by atoms with Crippen molar-refractivity contribution < 1.29 is 8.42 Å². The number of halogens is 2. The quantitative estimate of drug-likeness (QED) is 0.877. The normalized spacial score (nSPS) is 10.9. The zero-order valence-electron chi connectivity index (χ0n) is 8.73. The molecule has 0 aliphatic rings. The van der Waals surface area contributed by atoms with Gasteiger partial charge in [0, 0.05) is 17.6 Å². The van der Waals surface area contributed by atoms with Crippen LogP contribution in [0.3, 0.4) is 0 Å². The maximum atomic E-state index is 11.8. The van der Waals surface area contributed by atoms with Crippen LogP contribution < -0.4 is 10.5 Å². The molecule has 0 atom stereocenters. The first kappa shape index (κ1) is 15.9. The molecule has 0 unspecified atom stereocenters. The van der Waals surface area contributed by atoms with Gasteiger partial charge in [-0.15, -0.1) is 12.4 Å². The molecular weight excluding hydrogens is 316 g/mol. The summed E-state index contributed by atoms with van der Waals surface area (Å²) < 4.78 is 26.5. The fourth-order valence-electron chi connectivity index (χ4n) is 1.10. The molecule has 0 fully saturated rings. The Bertz CT molecular complexity index is 451. The Balaban J connectivity index is 0.00000225. The van der Waals surface area contributed by atoms with Gasteiger partial charge < -0.3 is 5.73 Å². The standard InChI is InChI=1S/C9H13BrN2O2S.ClH/c1-7-3-2-4-8(9(7)10)15(13,14)12-6-5-11;/h2-4,12H,5-6,11H2,1H3;1H. The van der Waals surface area contributed by atoms with E-state index < -0.39 is 10.0 Å². The Morgan fingerprint density at radius 2 is 2.06 bits per heavy atom. The first-order chi connectivity index (χ1) is 6.99. The molecule has 0 spiro atoms. The van der Waals surface area contributed by atoms with Crippen molar-refractivity contribution in [3.63, 3.8) is 0 Å². The van der Waals surface area contributed by atoms with Gasteiger partial charge in [-0.3, -0.25) is 0 Å². The Hall–Kier alpha value is -0.140. The highest BCUT2D eigenvalue weighted by atomic mass is 79.9. The third kappa shape index (κ3) is 3.71. The SMILES string of the molecule is Cc1cccc(S(=O)(=O)NCCN)c1Br.Cl. The van der Waals surface area contributed by atoms with Gasteiger partial charge in [0.2, 0.25) is 10.0 Å². The van der Waals surface area contributed by atoms with Gasteiger partial charge in [0.1, 0.15) is 0 Å². The number of hydrogen-bond acceptors (Lipinski definition) is 3. The Labute approximate surface area is 110 Å². The largest absolute Gasteiger partial charge is 0.329 e. The predicted octanol–water partition coefficient (Wildman–Crippen LogP) is 1.42. The predicted molar refractivity (Wildman–Crippen MR) is 70.4 cm³/mol. The fraction of sp³-hybridized carbons (Fsp3) is 0.333. The lowest BCUT2D eigenvalue weighted by molar-refractivity contribution is 0.581. The molecule has 0 saturated heterocycles. The monoisotopic (exact) mass is 328 g/mol. The second-order valence-corrected chi connectivity index (χ2v) is 5.60. The van der Waals surface area contributed by atoms with Gasteiger partial charge >= 0.3 is 0 Å². The van der Waals surface area contributed by atoms with Crippen molar-refractivity contribution in [3.05, 3.63) is 28.2 Å². The maximum Gasteiger partial charge on any atom is 0.241 e. The van der Waals surface area contributed by atoms with Crippen LogP contribution in [0.2, 0.25) is 0 Å². The average Bonchev–Trinajstić information content (AvgIpc) is 2.19. The summed E-state index contributed by atoms with van der Waals surface area (Å²) in [5.41, 5.74) is 6.12. The van der Waals surface area contributed by atoms with E-state index in [-0.39, 0.29) is 30.4 Å². The number of nitrogens with two attached hydrogens (primary N) is 1. The molecule has 3 N–H and O–H groups in total. The Kier molecular flexibility index (Phi) is 6.50. The van der Waals surface area contributed by atoms with E-state index >= 15 is 0 Å². The average molecular weight is 330 g/mol. The molecule has 0 amide bonds. The van der Waals surface area contributed by atoms with Crippen LogP contribution in [0.15, 0.2) is 27.6 Å². The molecule has 0 saturated carbocycles. The summed E-state index contributed by atoms with van der Waals surface area (Å²) in [5, 5.41) is 0. The van der Waals surface area contributed by atoms with Gasteiger partial charge in [0.15, 0.2) is 0 Å². The van der Waals surface area contributed by atoms with Gasteiger partial charge in [-0.2, -0.15) is 0 Å². The second kappa shape index (κ2) is 6.56. The summed E-state index contributed by atoms with van der Waals surface area (Å²) in [7, 11) is -3.45. The fourth-order valence-corrected chi connectivity index (χ4v) is 3.20. The first-order valence-electron chi connectivity index (χ1n) is 4.44. The van der Waals surface area contributed by atoms with Gasteiger partial charge in [-0.25, -0.2) is 13.1 Å². The number of nitrogens with one attached hydrogen (secondary N) is 1. The highest BCUT2D eigenvalue weighted by molar-refractivity contribution is 9.10. The van der Waals surface area contributed by atoms with Gasteiger partial charge in [-0.05, 0) is 34.5 Å². The van der Waals surface area contributed by atoms with Crippen LogP contribution in [0.5, 0.6) is 0 Å². The summed E-state index contributed by atoms with van der Waals surface area (Å²) in [6.45, 7) is 2.36. The summed E-state index contributed by atoms with van der Waals surface area (Å²) in [6.07, 6.45) is 0. The third-order valence-corrected chi connectivity index (χ3v) is 4.70. The molecule has 7 heteroatoms. The third-order valence-electron chi connectivity index (χ3n) is 1.88. The number of rotatable bonds is 4. The number of benzene rings is 1.